The van der Waals surface area contributed by atoms with Crippen molar-refractivity contribution in [1.29, 1.82) is 0 Å². The van der Waals surface area contributed by atoms with Crippen LogP contribution in [0.2, 0.25) is 0 Å². The number of nitrogens with zero attached hydrogens (tertiary/aromatic N) is 5. The molecule has 1 aliphatic heterocycles. The summed E-state index contributed by atoms with van der Waals surface area (Å²) in [6, 6.07) is 16.3. The molecule has 4 rings (SSSR count). The minimum absolute atomic E-state index is 0.108. The maximum Gasteiger partial charge on any atom is 0.350 e. The first kappa shape index (κ1) is 18.2. The van der Waals surface area contributed by atoms with E-state index in [0.717, 1.165) is 37.6 Å². The number of piperazine rings is 1. The Morgan fingerprint density at radius 3 is 1.82 bits per heavy atom. The Labute approximate surface area is 164 Å². The second-order valence-corrected chi connectivity index (χ2v) is 6.79. The quantitative estimate of drug-likeness (QED) is 0.681. The van der Waals surface area contributed by atoms with Gasteiger partial charge in [-0.2, -0.15) is 5.10 Å². The van der Waals surface area contributed by atoms with E-state index in [-0.39, 0.29) is 5.69 Å². The van der Waals surface area contributed by atoms with Gasteiger partial charge in [0.1, 0.15) is 12.1 Å². The van der Waals surface area contributed by atoms with Gasteiger partial charge in [0.15, 0.2) is 0 Å². The summed E-state index contributed by atoms with van der Waals surface area (Å²) < 4.78 is 8.26. The molecule has 3 aromatic rings. The van der Waals surface area contributed by atoms with E-state index < -0.39 is 0 Å². The highest BCUT2D eigenvalue weighted by molar-refractivity contribution is 5.54. The van der Waals surface area contributed by atoms with Crippen molar-refractivity contribution in [2.45, 2.75) is 13.5 Å². The fraction of sp³-hybridized carbons (Fsp3) is 0.333. The molecule has 0 atom stereocenters. The zero-order valence-electron chi connectivity index (χ0n) is 16.3. The third-order valence-corrected chi connectivity index (χ3v) is 5.24. The van der Waals surface area contributed by atoms with Crippen molar-refractivity contribution in [3.05, 3.63) is 65.3 Å². The third kappa shape index (κ3) is 3.47. The zero-order chi connectivity index (χ0) is 19.5. The molecule has 0 N–H and O–H groups in total. The Morgan fingerprint density at radius 2 is 1.36 bits per heavy atom. The van der Waals surface area contributed by atoms with Gasteiger partial charge < -0.3 is 14.5 Å². The van der Waals surface area contributed by atoms with Gasteiger partial charge in [-0.05, 0) is 55.5 Å². The number of aryl methyl sites for hydroxylation is 1. The smallest absolute Gasteiger partial charge is 0.350 e. The summed E-state index contributed by atoms with van der Waals surface area (Å²) in [5, 5.41) is 4.11. The van der Waals surface area contributed by atoms with Crippen LogP contribution in [-0.2, 0) is 6.54 Å². The molecule has 2 heterocycles. The third-order valence-electron chi connectivity index (χ3n) is 5.24. The van der Waals surface area contributed by atoms with Gasteiger partial charge in [0.2, 0.25) is 0 Å². The van der Waals surface area contributed by atoms with Gasteiger partial charge in [-0.25, -0.2) is 14.0 Å². The van der Waals surface area contributed by atoms with Crippen LogP contribution in [0.15, 0.2) is 59.7 Å². The van der Waals surface area contributed by atoms with Crippen molar-refractivity contribution < 1.29 is 4.74 Å². The van der Waals surface area contributed by atoms with Crippen LogP contribution >= 0.6 is 0 Å². The summed E-state index contributed by atoms with van der Waals surface area (Å²) in [5.74, 6) is 0.881. The van der Waals surface area contributed by atoms with Gasteiger partial charge in [-0.1, -0.05) is 0 Å². The Balaban J connectivity index is 1.41. The number of ether oxygens (including phenoxy) is 1. The minimum atomic E-state index is -0.108. The first-order chi connectivity index (χ1) is 13.7. The fourth-order valence-electron chi connectivity index (χ4n) is 3.57. The van der Waals surface area contributed by atoms with E-state index in [1.54, 1.807) is 18.0 Å². The van der Waals surface area contributed by atoms with E-state index in [2.05, 4.69) is 39.2 Å². The lowest BCUT2D eigenvalue weighted by molar-refractivity contribution is 0.415. The standard InChI is InChI=1S/C21H25N5O2/c1-3-26-21(27)25(16-22-26)19-6-4-17(5-7-19)23-12-14-24(15-13-23)18-8-10-20(28-2)11-9-18/h4-11,16H,3,12-15H2,1-2H3. The van der Waals surface area contributed by atoms with Crippen LogP contribution in [0.5, 0.6) is 5.75 Å². The van der Waals surface area contributed by atoms with Crippen molar-refractivity contribution in [3.63, 3.8) is 0 Å². The van der Waals surface area contributed by atoms with Crippen molar-refractivity contribution in [2.24, 2.45) is 0 Å². The molecular formula is C21H25N5O2. The van der Waals surface area contributed by atoms with E-state index in [0.29, 0.717) is 6.54 Å². The molecule has 0 unspecified atom stereocenters. The normalized spacial score (nSPS) is 14.4. The van der Waals surface area contributed by atoms with Crippen molar-refractivity contribution in [2.75, 3.05) is 43.1 Å². The van der Waals surface area contributed by atoms with Crippen LogP contribution in [0.1, 0.15) is 6.92 Å². The molecule has 1 aliphatic rings. The molecule has 7 heteroatoms. The van der Waals surface area contributed by atoms with Crippen LogP contribution in [0, 0.1) is 0 Å². The van der Waals surface area contributed by atoms with Crippen LogP contribution in [-0.4, -0.2) is 47.6 Å². The monoisotopic (exact) mass is 379 g/mol. The van der Waals surface area contributed by atoms with Crippen LogP contribution in [0.25, 0.3) is 5.69 Å². The largest absolute Gasteiger partial charge is 0.497 e. The molecule has 0 amide bonds. The number of rotatable bonds is 5. The Morgan fingerprint density at radius 1 is 0.857 bits per heavy atom. The molecule has 0 saturated carbocycles. The van der Waals surface area contributed by atoms with Crippen molar-refractivity contribution >= 4 is 11.4 Å². The molecule has 0 radical (unpaired) electrons. The van der Waals surface area contributed by atoms with E-state index in [4.69, 9.17) is 4.74 Å². The second kappa shape index (κ2) is 7.80. The molecule has 1 aromatic heterocycles. The molecule has 2 aromatic carbocycles. The topological polar surface area (TPSA) is 55.5 Å². The number of aromatic nitrogens is 3. The average molecular weight is 379 g/mol. The van der Waals surface area contributed by atoms with Crippen LogP contribution in [0.4, 0.5) is 11.4 Å². The number of hydrogen-bond acceptors (Lipinski definition) is 5. The summed E-state index contributed by atoms with van der Waals surface area (Å²) >= 11 is 0. The minimum Gasteiger partial charge on any atom is -0.497 e. The maximum atomic E-state index is 12.2. The lowest BCUT2D eigenvalue weighted by Gasteiger charge is -2.37. The van der Waals surface area contributed by atoms with E-state index >= 15 is 0 Å². The first-order valence-electron chi connectivity index (χ1n) is 9.58. The van der Waals surface area contributed by atoms with Gasteiger partial charge in [-0.3, -0.25) is 0 Å². The highest BCUT2D eigenvalue weighted by atomic mass is 16.5. The highest BCUT2D eigenvalue weighted by Gasteiger charge is 2.18. The predicted octanol–water partition coefficient (Wildman–Crippen LogP) is 2.39. The molecular weight excluding hydrogens is 354 g/mol. The molecule has 1 fully saturated rings. The Kier molecular flexibility index (Phi) is 5.06. The fourth-order valence-corrected chi connectivity index (χ4v) is 3.57. The van der Waals surface area contributed by atoms with E-state index in [1.165, 1.54) is 16.1 Å². The molecule has 7 nitrogen and oxygen atoms in total. The lowest BCUT2D eigenvalue weighted by Crippen LogP contribution is -2.46. The van der Waals surface area contributed by atoms with Gasteiger partial charge in [-0.15, -0.1) is 0 Å². The summed E-state index contributed by atoms with van der Waals surface area (Å²) in [7, 11) is 1.69. The molecule has 0 aliphatic carbocycles. The molecule has 0 spiro atoms. The average Bonchev–Trinajstić information content (AvgIpc) is 3.14. The van der Waals surface area contributed by atoms with E-state index in [1.807, 2.05) is 31.2 Å². The van der Waals surface area contributed by atoms with Gasteiger partial charge >= 0.3 is 5.69 Å². The highest BCUT2D eigenvalue weighted by Crippen LogP contribution is 2.23. The first-order valence-corrected chi connectivity index (χ1v) is 9.58. The zero-order valence-corrected chi connectivity index (χ0v) is 16.3. The summed E-state index contributed by atoms with van der Waals surface area (Å²) in [6.07, 6.45) is 1.58. The number of hydrogen-bond donors (Lipinski definition) is 0. The van der Waals surface area contributed by atoms with Crippen LogP contribution in [0.3, 0.4) is 0 Å². The maximum absolute atomic E-state index is 12.2. The summed E-state index contributed by atoms with van der Waals surface area (Å²) in [4.78, 5) is 17.0. The van der Waals surface area contributed by atoms with Gasteiger partial charge in [0.25, 0.3) is 0 Å². The van der Waals surface area contributed by atoms with Gasteiger partial charge in [0.05, 0.1) is 12.8 Å². The van der Waals surface area contributed by atoms with Crippen molar-refractivity contribution in [3.8, 4) is 11.4 Å². The second-order valence-electron chi connectivity index (χ2n) is 6.79. The summed E-state index contributed by atoms with van der Waals surface area (Å²) in [6.45, 7) is 6.33. The van der Waals surface area contributed by atoms with E-state index in [9.17, 15) is 4.79 Å². The summed E-state index contributed by atoms with van der Waals surface area (Å²) in [5.41, 5.74) is 3.13. The Hall–Kier alpha value is -3.22. The number of methoxy groups -OCH3 is 1. The van der Waals surface area contributed by atoms with Crippen LogP contribution < -0.4 is 20.2 Å². The van der Waals surface area contributed by atoms with Gasteiger partial charge in [0, 0.05) is 44.1 Å². The lowest BCUT2D eigenvalue weighted by atomic mass is 10.2. The predicted molar refractivity (Wildman–Crippen MR) is 111 cm³/mol. The van der Waals surface area contributed by atoms with Crippen molar-refractivity contribution in [1.82, 2.24) is 14.3 Å². The molecule has 0 bridgehead atoms. The molecule has 28 heavy (non-hydrogen) atoms. The SMILES string of the molecule is CCn1ncn(-c2ccc(N3CCN(c4ccc(OC)cc4)CC3)cc2)c1=O. The number of anilines is 2. The number of benzene rings is 2. The molecule has 146 valence electrons. The Bertz CT molecular complexity index is 967. The molecule has 1 saturated heterocycles.